The maximum absolute atomic E-state index is 11.1. The molecule has 1 saturated heterocycles. The number of hydrogen-bond acceptors (Lipinski definition) is 3. The lowest BCUT2D eigenvalue weighted by Crippen LogP contribution is -2.44. The lowest BCUT2D eigenvalue weighted by Gasteiger charge is -2.42. The van der Waals surface area contributed by atoms with Crippen molar-refractivity contribution in [3.8, 4) is 5.75 Å². The van der Waals surface area contributed by atoms with E-state index in [4.69, 9.17) is 9.84 Å². The van der Waals surface area contributed by atoms with E-state index < -0.39 is 5.97 Å². The van der Waals surface area contributed by atoms with Crippen molar-refractivity contribution in [3.63, 3.8) is 0 Å². The summed E-state index contributed by atoms with van der Waals surface area (Å²) in [5, 5.41) is 9.13. The molecule has 20 heavy (non-hydrogen) atoms. The van der Waals surface area contributed by atoms with Crippen LogP contribution in [0.3, 0.4) is 0 Å². The number of carbonyl (C=O) groups is 1. The second kappa shape index (κ2) is 5.83. The molecule has 3 rings (SSSR count). The van der Waals surface area contributed by atoms with Crippen molar-refractivity contribution in [1.29, 1.82) is 0 Å². The number of carboxylic acid groups (broad SMARTS) is 1. The molecule has 0 saturated carbocycles. The molecule has 1 aromatic rings. The summed E-state index contributed by atoms with van der Waals surface area (Å²) < 4.78 is 5.72. The zero-order valence-electron chi connectivity index (χ0n) is 11.6. The molecule has 0 aliphatic carbocycles. The molecule has 2 unspecified atom stereocenters. The second-order valence-corrected chi connectivity index (χ2v) is 5.68. The molecule has 2 heterocycles. The molecule has 1 N–H and O–H groups in total. The normalized spacial score (nSPS) is 26.6. The number of carboxylic acids is 1. The fraction of sp³-hybridized carbons (Fsp3) is 0.562. The van der Waals surface area contributed by atoms with Crippen LogP contribution in [0.25, 0.3) is 0 Å². The van der Waals surface area contributed by atoms with Gasteiger partial charge in [-0.2, -0.15) is 0 Å². The van der Waals surface area contributed by atoms with Gasteiger partial charge in [-0.1, -0.05) is 24.6 Å². The van der Waals surface area contributed by atoms with Crippen LogP contribution < -0.4 is 4.74 Å². The number of hydrogen-bond donors (Lipinski definition) is 1. The van der Waals surface area contributed by atoms with Gasteiger partial charge in [0, 0.05) is 24.1 Å². The highest BCUT2D eigenvalue weighted by Crippen LogP contribution is 2.39. The van der Waals surface area contributed by atoms with Crippen LogP contribution in [0, 0.1) is 0 Å². The number of piperidine rings is 1. The third-order valence-corrected chi connectivity index (χ3v) is 4.41. The number of benzene rings is 1. The highest BCUT2D eigenvalue weighted by atomic mass is 16.5. The van der Waals surface area contributed by atoms with Crippen molar-refractivity contribution in [2.45, 2.75) is 44.2 Å². The van der Waals surface area contributed by atoms with Crippen LogP contribution in [-0.2, 0) is 4.79 Å². The number of aliphatic carboxylic acids is 1. The summed E-state index contributed by atoms with van der Waals surface area (Å²) >= 11 is 0. The van der Waals surface area contributed by atoms with E-state index >= 15 is 0 Å². The molecule has 108 valence electrons. The fourth-order valence-electron chi connectivity index (χ4n) is 3.52. The molecular weight excluding hydrogens is 254 g/mol. The van der Waals surface area contributed by atoms with Crippen molar-refractivity contribution in [2.75, 3.05) is 13.2 Å². The van der Waals surface area contributed by atoms with E-state index in [9.17, 15) is 4.79 Å². The second-order valence-electron chi connectivity index (χ2n) is 5.68. The molecule has 4 nitrogen and oxygen atoms in total. The molecule has 0 amide bonds. The smallest absolute Gasteiger partial charge is 0.304 e. The summed E-state index contributed by atoms with van der Waals surface area (Å²) in [7, 11) is 0. The van der Waals surface area contributed by atoms with Crippen molar-refractivity contribution < 1.29 is 14.6 Å². The standard InChI is InChI=1S/C16H21NO3/c18-16(19)11-12-5-3-4-9-17(12)14-8-10-20-15-7-2-1-6-13(14)15/h1-2,6-7,12,14H,3-5,8-11H2,(H,18,19). The lowest BCUT2D eigenvalue weighted by atomic mass is 9.92. The Bertz CT molecular complexity index is 488. The molecule has 4 heteroatoms. The van der Waals surface area contributed by atoms with E-state index in [2.05, 4.69) is 11.0 Å². The van der Waals surface area contributed by atoms with Gasteiger partial charge in [-0.3, -0.25) is 9.69 Å². The number of para-hydroxylation sites is 1. The maximum Gasteiger partial charge on any atom is 0.304 e. The summed E-state index contributed by atoms with van der Waals surface area (Å²) in [6, 6.07) is 8.63. The van der Waals surface area contributed by atoms with Gasteiger partial charge in [0.25, 0.3) is 0 Å². The summed E-state index contributed by atoms with van der Waals surface area (Å²) in [4.78, 5) is 13.5. The molecular formula is C16H21NO3. The molecule has 0 aromatic heterocycles. The summed E-state index contributed by atoms with van der Waals surface area (Å²) in [5.74, 6) is 0.269. The van der Waals surface area contributed by atoms with Crippen LogP contribution in [0.1, 0.15) is 43.7 Å². The zero-order chi connectivity index (χ0) is 13.9. The van der Waals surface area contributed by atoms with E-state index in [0.717, 1.165) is 44.6 Å². The first-order valence-corrected chi connectivity index (χ1v) is 7.45. The van der Waals surface area contributed by atoms with E-state index in [1.54, 1.807) is 0 Å². The number of rotatable bonds is 3. The third-order valence-electron chi connectivity index (χ3n) is 4.41. The average Bonchev–Trinajstić information content (AvgIpc) is 2.47. The Morgan fingerprint density at radius 1 is 1.30 bits per heavy atom. The molecule has 1 fully saturated rings. The van der Waals surface area contributed by atoms with Gasteiger partial charge in [0.1, 0.15) is 5.75 Å². The Labute approximate surface area is 119 Å². The Hall–Kier alpha value is -1.55. The largest absolute Gasteiger partial charge is 0.493 e. The average molecular weight is 275 g/mol. The van der Waals surface area contributed by atoms with Crippen LogP contribution in [0.5, 0.6) is 5.75 Å². The molecule has 1 aromatic carbocycles. The Morgan fingerprint density at radius 3 is 3.00 bits per heavy atom. The van der Waals surface area contributed by atoms with Crippen molar-refractivity contribution >= 4 is 5.97 Å². The van der Waals surface area contributed by atoms with E-state index in [-0.39, 0.29) is 12.5 Å². The van der Waals surface area contributed by atoms with Gasteiger partial charge in [-0.15, -0.1) is 0 Å². The van der Waals surface area contributed by atoms with Gasteiger partial charge in [-0.05, 0) is 25.5 Å². The van der Waals surface area contributed by atoms with E-state index in [1.165, 1.54) is 5.56 Å². The molecule has 2 aliphatic heterocycles. The number of likely N-dealkylation sites (tertiary alicyclic amines) is 1. The minimum absolute atomic E-state index is 0.164. The Balaban J connectivity index is 1.85. The molecule has 2 atom stereocenters. The predicted octanol–water partition coefficient (Wildman–Crippen LogP) is 2.84. The van der Waals surface area contributed by atoms with Crippen LogP contribution in [-0.4, -0.2) is 35.2 Å². The monoisotopic (exact) mass is 275 g/mol. The molecule has 0 spiro atoms. The fourth-order valence-corrected chi connectivity index (χ4v) is 3.52. The van der Waals surface area contributed by atoms with Crippen LogP contribution >= 0.6 is 0 Å². The summed E-state index contributed by atoms with van der Waals surface area (Å²) in [6.45, 7) is 1.72. The Morgan fingerprint density at radius 2 is 2.15 bits per heavy atom. The van der Waals surface area contributed by atoms with Crippen LogP contribution in [0.2, 0.25) is 0 Å². The van der Waals surface area contributed by atoms with Crippen LogP contribution in [0.15, 0.2) is 24.3 Å². The third kappa shape index (κ3) is 2.66. The molecule has 0 bridgehead atoms. The minimum atomic E-state index is -0.692. The first-order chi connectivity index (χ1) is 9.75. The minimum Gasteiger partial charge on any atom is -0.493 e. The maximum atomic E-state index is 11.1. The van der Waals surface area contributed by atoms with Gasteiger partial charge >= 0.3 is 5.97 Å². The first kappa shape index (κ1) is 13.4. The van der Waals surface area contributed by atoms with E-state index in [0.29, 0.717) is 6.04 Å². The topological polar surface area (TPSA) is 49.8 Å². The lowest BCUT2D eigenvalue weighted by molar-refractivity contribution is -0.139. The number of ether oxygens (including phenoxy) is 1. The highest BCUT2D eigenvalue weighted by molar-refractivity contribution is 5.67. The van der Waals surface area contributed by atoms with Crippen LogP contribution in [0.4, 0.5) is 0 Å². The van der Waals surface area contributed by atoms with Crippen molar-refractivity contribution in [3.05, 3.63) is 29.8 Å². The predicted molar refractivity (Wildman–Crippen MR) is 75.9 cm³/mol. The van der Waals surface area contributed by atoms with Crippen molar-refractivity contribution in [1.82, 2.24) is 4.90 Å². The summed E-state index contributed by atoms with van der Waals surface area (Å²) in [5.41, 5.74) is 1.22. The van der Waals surface area contributed by atoms with Gasteiger partial charge in [0.05, 0.1) is 13.0 Å². The SMILES string of the molecule is O=C(O)CC1CCCCN1C1CCOc2ccccc21. The van der Waals surface area contributed by atoms with Crippen molar-refractivity contribution in [2.24, 2.45) is 0 Å². The number of nitrogens with zero attached hydrogens (tertiary/aromatic N) is 1. The van der Waals surface area contributed by atoms with E-state index in [1.807, 2.05) is 18.2 Å². The highest BCUT2D eigenvalue weighted by Gasteiger charge is 2.33. The zero-order valence-corrected chi connectivity index (χ0v) is 11.6. The summed E-state index contributed by atoms with van der Waals surface area (Å²) in [6.07, 6.45) is 4.49. The molecule has 0 radical (unpaired) electrons. The number of fused-ring (bicyclic) bond motifs is 1. The quantitative estimate of drug-likeness (QED) is 0.921. The van der Waals surface area contributed by atoms with Gasteiger partial charge in [0.2, 0.25) is 0 Å². The van der Waals surface area contributed by atoms with Gasteiger partial charge < -0.3 is 9.84 Å². The van der Waals surface area contributed by atoms with Gasteiger partial charge in [0.15, 0.2) is 0 Å². The first-order valence-electron chi connectivity index (χ1n) is 7.45. The van der Waals surface area contributed by atoms with Gasteiger partial charge in [-0.25, -0.2) is 0 Å². The Kier molecular flexibility index (Phi) is 3.92. The molecule has 2 aliphatic rings.